The van der Waals surface area contributed by atoms with Gasteiger partial charge in [0.15, 0.2) is 16.9 Å². The second-order valence-electron chi connectivity index (χ2n) is 7.70. The normalized spacial score (nSPS) is 11.5. The van der Waals surface area contributed by atoms with Crippen LogP contribution in [0.2, 0.25) is 0 Å². The highest BCUT2D eigenvalue weighted by Gasteiger charge is 2.18. The van der Waals surface area contributed by atoms with Gasteiger partial charge in [-0.05, 0) is 51.8 Å². The largest absolute Gasteiger partial charge is 0.507 e. The lowest BCUT2D eigenvalue weighted by Crippen LogP contribution is -2.02. The molecule has 0 spiro atoms. The van der Waals surface area contributed by atoms with Gasteiger partial charge < -0.3 is 24.5 Å². The van der Waals surface area contributed by atoms with Gasteiger partial charge >= 0.3 is 0 Å². The van der Waals surface area contributed by atoms with Crippen molar-refractivity contribution in [3.05, 3.63) is 69.4 Å². The number of aromatic hydroxyl groups is 3. The van der Waals surface area contributed by atoms with Crippen LogP contribution in [-0.2, 0) is 6.42 Å². The molecule has 6 nitrogen and oxygen atoms in total. The molecule has 0 amide bonds. The Kier molecular flexibility index (Phi) is 6.39. The number of benzene rings is 2. The molecule has 162 valence electrons. The standard InChI is InChI=1S/C25H26O6/c1-14(2)5-6-15(3)7-9-17-19(27)12-23-24(25(17)29)20(28)13-21(31-23)16-8-10-18(26)22(11-16)30-4/h5,7-8,10-13,26-27,29H,6,9H2,1-4H3/b15-7+. The SMILES string of the molecule is COc1cc(-c2cc(=O)c3c(O)c(C/C=C(\C)CC=C(C)C)c(O)cc3o2)ccc1O. The first-order valence-electron chi connectivity index (χ1n) is 9.89. The van der Waals surface area contributed by atoms with Gasteiger partial charge in [-0.3, -0.25) is 4.79 Å². The van der Waals surface area contributed by atoms with E-state index >= 15 is 0 Å². The van der Waals surface area contributed by atoms with Crippen LogP contribution in [0.4, 0.5) is 0 Å². The first kappa shape index (κ1) is 22.0. The summed E-state index contributed by atoms with van der Waals surface area (Å²) in [6, 6.07) is 7.15. The molecule has 0 aliphatic carbocycles. The number of hydrogen-bond acceptors (Lipinski definition) is 6. The van der Waals surface area contributed by atoms with Crippen LogP contribution in [-0.4, -0.2) is 22.4 Å². The molecule has 0 saturated carbocycles. The molecule has 2 aromatic carbocycles. The highest BCUT2D eigenvalue weighted by molar-refractivity contribution is 5.88. The maximum atomic E-state index is 12.8. The van der Waals surface area contributed by atoms with Crippen LogP contribution in [0.1, 0.15) is 32.8 Å². The summed E-state index contributed by atoms with van der Waals surface area (Å²) in [5.41, 5.74) is 2.71. The van der Waals surface area contributed by atoms with Crippen LogP contribution < -0.4 is 10.2 Å². The van der Waals surface area contributed by atoms with Crippen LogP contribution in [0.25, 0.3) is 22.3 Å². The fraction of sp³-hybridized carbons (Fsp3) is 0.240. The number of phenolic OH excluding ortho intramolecular Hbond substituents is 3. The van der Waals surface area contributed by atoms with E-state index in [0.29, 0.717) is 5.56 Å². The van der Waals surface area contributed by atoms with Gasteiger partial charge in [0.25, 0.3) is 0 Å². The third-order valence-corrected chi connectivity index (χ3v) is 5.03. The van der Waals surface area contributed by atoms with Crippen molar-refractivity contribution in [3.63, 3.8) is 0 Å². The van der Waals surface area contributed by atoms with Crippen molar-refractivity contribution in [1.82, 2.24) is 0 Å². The molecule has 0 unspecified atom stereocenters. The number of ether oxygens (including phenoxy) is 1. The lowest BCUT2D eigenvalue weighted by molar-refractivity contribution is 0.373. The van der Waals surface area contributed by atoms with Crippen LogP contribution in [0.3, 0.4) is 0 Å². The van der Waals surface area contributed by atoms with E-state index in [1.807, 2.05) is 26.8 Å². The molecule has 0 fully saturated rings. The van der Waals surface area contributed by atoms with Crippen molar-refractivity contribution in [1.29, 1.82) is 0 Å². The highest BCUT2D eigenvalue weighted by Crippen LogP contribution is 2.37. The van der Waals surface area contributed by atoms with Crippen LogP contribution in [0, 0.1) is 0 Å². The summed E-state index contributed by atoms with van der Waals surface area (Å²) in [4.78, 5) is 12.8. The highest BCUT2D eigenvalue weighted by atomic mass is 16.5. The second-order valence-corrected chi connectivity index (χ2v) is 7.70. The van der Waals surface area contributed by atoms with Crippen LogP contribution in [0.15, 0.2) is 62.8 Å². The Bertz CT molecular complexity index is 1240. The fourth-order valence-corrected chi connectivity index (χ4v) is 3.23. The number of rotatable bonds is 6. The number of methoxy groups -OCH3 is 1. The molecule has 1 heterocycles. The van der Waals surface area contributed by atoms with E-state index in [1.165, 1.54) is 36.9 Å². The van der Waals surface area contributed by atoms with Crippen molar-refractivity contribution in [2.24, 2.45) is 0 Å². The maximum Gasteiger partial charge on any atom is 0.197 e. The summed E-state index contributed by atoms with van der Waals surface area (Å²) < 4.78 is 10.9. The van der Waals surface area contributed by atoms with E-state index in [1.54, 1.807) is 6.07 Å². The smallest absolute Gasteiger partial charge is 0.197 e. The third kappa shape index (κ3) is 4.74. The predicted molar refractivity (Wildman–Crippen MR) is 121 cm³/mol. The average molecular weight is 422 g/mol. The molecule has 0 aliphatic rings. The molecule has 31 heavy (non-hydrogen) atoms. The Morgan fingerprint density at radius 3 is 2.45 bits per heavy atom. The van der Waals surface area contributed by atoms with E-state index in [9.17, 15) is 20.1 Å². The first-order valence-corrected chi connectivity index (χ1v) is 9.89. The monoisotopic (exact) mass is 422 g/mol. The Morgan fingerprint density at radius 1 is 1.03 bits per heavy atom. The summed E-state index contributed by atoms with van der Waals surface area (Å²) in [7, 11) is 1.42. The van der Waals surface area contributed by atoms with Gasteiger partial charge in [0, 0.05) is 23.3 Å². The molecule has 0 atom stereocenters. The molecule has 3 aromatic rings. The Balaban J connectivity index is 2.05. The predicted octanol–water partition coefficient (Wildman–Crippen LogP) is 5.43. The molecular weight excluding hydrogens is 396 g/mol. The molecule has 6 heteroatoms. The minimum atomic E-state index is -0.438. The minimum absolute atomic E-state index is 0.0117. The van der Waals surface area contributed by atoms with Crippen molar-refractivity contribution >= 4 is 11.0 Å². The summed E-state index contributed by atoms with van der Waals surface area (Å²) in [5, 5.41) is 31.0. The van der Waals surface area contributed by atoms with Gasteiger partial charge in [0.2, 0.25) is 0 Å². The molecule has 1 aromatic heterocycles. The molecule has 0 radical (unpaired) electrons. The Morgan fingerprint density at radius 2 is 1.77 bits per heavy atom. The second kappa shape index (κ2) is 9.00. The Hall–Kier alpha value is -3.67. The molecule has 3 rings (SSSR count). The topological polar surface area (TPSA) is 100 Å². The van der Waals surface area contributed by atoms with Crippen molar-refractivity contribution in [3.8, 4) is 34.3 Å². The van der Waals surface area contributed by atoms with Gasteiger partial charge in [-0.1, -0.05) is 23.3 Å². The molecular formula is C25H26O6. The fourth-order valence-electron chi connectivity index (χ4n) is 3.23. The summed E-state index contributed by atoms with van der Waals surface area (Å²) in [6.45, 7) is 6.02. The zero-order valence-electron chi connectivity index (χ0n) is 18.0. The number of allylic oxidation sites excluding steroid dienone is 4. The third-order valence-electron chi connectivity index (χ3n) is 5.03. The van der Waals surface area contributed by atoms with E-state index in [-0.39, 0.29) is 51.7 Å². The summed E-state index contributed by atoms with van der Waals surface area (Å²) in [6.07, 6.45) is 5.07. The van der Waals surface area contributed by atoms with E-state index in [0.717, 1.165) is 12.0 Å². The van der Waals surface area contributed by atoms with Crippen LogP contribution >= 0.6 is 0 Å². The zero-order chi connectivity index (χ0) is 22.7. The average Bonchev–Trinajstić information content (AvgIpc) is 2.71. The van der Waals surface area contributed by atoms with Gasteiger partial charge in [-0.15, -0.1) is 0 Å². The van der Waals surface area contributed by atoms with Crippen LogP contribution in [0.5, 0.6) is 23.0 Å². The van der Waals surface area contributed by atoms with Crippen molar-refractivity contribution in [2.75, 3.05) is 7.11 Å². The lowest BCUT2D eigenvalue weighted by Gasteiger charge is -2.11. The van der Waals surface area contributed by atoms with Gasteiger partial charge in [-0.25, -0.2) is 0 Å². The molecule has 0 aliphatic heterocycles. The summed E-state index contributed by atoms with van der Waals surface area (Å²) in [5.74, 6) is -0.0247. The summed E-state index contributed by atoms with van der Waals surface area (Å²) >= 11 is 0. The first-order chi connectivity index (χ1) is 14.7. The lowest BCUT2D eigenvalue weighted by atomic mass is 10.0. The van der Waals surface area contributed by atoms with E-state index in [2.05, 4.69) is 6.08 Å². The number of phenols is 3. The van der Waals surface area contributed by atoms with E-state index < -0.39 is 5.43 Å². The Labute approximate surface area is 180 Å². The van der Waals surface area contributed by atoms with Gasteiger partial charge in [0.1, 0.15) is 28.2 Å². The molecule has 0 saturated heterocycles. The molecule has 0 bridgehead atoms. The van der Waals surface area contributed by atoms with E-state index in [4.69, 9.17) is 9.15 Å². The molecule has 3 N–H and O–H groups in total. The maximum absolute atomic E-state index is 12.8. The van der Waals surface area contributed by atoms with Crippen molar-refractivity contribution < 1.29 is 24.5 Å². The van der Waals surface area contributed by atoms with Crippen molar-refractivity contribution in [2.45, 2.75) is 33.6 Å². The number of fused-ring (bicyclic) bond motifs is 1. The quantitative estimate of drug-likeness (QED) is 0.458. The minimum Gasteiger partial charge on any atom is -0.507 e. The van der Waals surface area contributed by atoms with Gasteiger partial charge in [-0.2, -0.15) is 0 Å². The van der Waals surface area contributed by atoms with Gasteiger partial charge in [0.05, 0.1) is 7.11 Å². The number of hydrogen-bond donors (Lipinski definition) is 3. The zero-order valence-corrected chi connectivity index (χ0v) is 18.0.